The molecule has 0 heterocycles. The number of ether oxygens (including phenoxy) is 1. The summed E-state index contributed by atoms with van der Waals surface area (Å²) in [5.41, 5.74) is 0. The van der Waals surface area contributed by atoms with E-state index in [1.54, 1.807) is 7.11 Å². The molecule has 0 rings (SSSR count). The molecule has 0 aromatic rings. The van der Waals surface area contributed by atoms with Crippen LogP contribution in [-0.4, -0.2) is 32.4 Å². The second-order valence-corrected chi connectivity index (χ2v) is 4.19. The molecule has 0 aliphatic rings. The topological polar surface area (TPSA) is 66.4 Å². The summed E-state index contributed by atoms with van der Waals surface area (Å²) in [5.74, 6) is -0.236. The molecule has 0 aromatic heterocycles. The third-order valence-electron chi connectivity index (χ3n) is 1.49. The van der Waals surface area contributed by atoms with Crippen molar-refractivity contribution < 1.29 is 17.7 Å². The van der Waals surface area contributed by atoms with Crippen LogP contribution in [0.15, 0.2) is 0 Å². The molecule has 0 N–H and O–H groups in total. The third kappa shape index (κ3) is 9.87. The van der Waals surface area contributed by atoms with E-state index in [2.05, 4.69) is 0 Å². The van der Waals surface area contributed by atoms with Crippen LogP contribution in [0.25, 0.3) is 0 Å². The van der Waals surface area contributed by atoms with Gasteiger partial charge in [0.05, 0.1) is 10.1 Å². The van der Waals surface area contributed by atoms with Crippen LogP contribution < -0.4 is 0 Å². The zero-order chi connectivity index (χ0) is 9.45. The quantitative estimate of drug-likeness (QED) is 0.444. The molecule has 0 spiro atoms. The zero-order valence-corrected chi connectivity index (χ0v) is 8.10. The summed E-state index contributed by atoms with van der Waals surface area (Å²) in [6.45, 7) is 0.699. The summed E-state index contributed by atoms with van der Waals surface area (Å²) in [6.07, 6.45) is 3.10. The van der Waals surface area contributed by atoms with Crippen molar-refractivity contribution in [3.8, 4) is 0 Å². The fraction of sp³-hybridized carbons (Fsp3) is 1.00. The van der Waals surface area contributed by atoms with Gasteiger partial charge < -0.3 is 9.29 Å². The summed E-state index contributed by atoms with van der Waals surface area (Å²) in [6, 6.07) is 0. The van der Waals surface area contributed by atoms with E-state index in [1.165, 1.54) is 0 Å². The highest BCUT2D eigenvalue weighted by Crippen LogP contribution is 2.01. The lowest BCUT2D eigenvalue weighted by molar-refractivity contribution is 0.192. The molecular weight excluding hydrogens is 180 g/mol. The average molecular weight is 195 g/mol. The van der Waals surface area contributed by atoms with Gasteiger partial charge in [0.15, 0.2) is 0 Å². The number of methoxy groups -OCH3 is 1. The Labute approximate surface area is 73.7 Å². The number of hydrogen-bond acceptors (Lipinski definition) is 4. The van der Waals surface area contributed by atoms with Crippen LogP contribution in [0.2, 0.25) is 0 Å². The lowest BCUT2D eigenvalue weighted by atomic mass is 10.2. The van der Waals surface area contributed by atoms with Gasteiger partial charge in [-0.25, -0.2) is 8.42 Å². The fourth-order valence-corrected chi connectivity index (χ4v) is 1.44. The molecule has 0 amide bonds. The normalized spacial score (nSPS) is 11.8. The molecule has 5 heteroatoms. The van der Waals surface area contributed by atoms with Gasteiger partial charge in [0.1, 0.15) is 0 Å². The van der Waals surface area contributed by atoms with E-state index in [0.29, 0.717) is 13.0 Å². The van der Waals surface area contributed by atoms with Crippen LogP contribution in [0.1, 0.15) is 25.7 Å². The highest BCUT2D eigenvalue weighted by molar-refractivity contribution is 7.85. The van der Waals surface area contributed by atoms with Crippen molar-refractivity contribution in [2.45, 2.75) is 25.7 Å². The van der Waals surface area contributed by atoms with Crippen molar-refractivity contribution in [3.05, 3.63) is 0 Å². The maximum Gasteiger partial charge on any atom is 0.0945 e. The van der Waals surface area contributed by atoms with Crippen LogP contribution >= 0.6 is 0 Å². The first-order valence-corrected chi connectivity index (χ1v) is 5.56. The first-order valence-electron chi connectivity index (χ1n) is 3.99. The van der Waals surface area contributed by atoms with Crippen LogP contribution in [-0.2, 0) is 14.9 Å². The molecule has 0 fully saturated rings. The predicted octanol–water partition coefficient (Wildman–Crippen LogP) is 0.738. The van der Waals surface area contributed by atoms with E-state index in [0.717, 1.165) is 19.3 Å². The lowest BCUT2D eigenvalue weighted by Crippen LogP contribution is -2.03. The van der Waals surface area contributed by atoms with E-state index >= 15 is 0 Å². The maximum atomic E-state index is 10.1. The van der Waals surface area contributed by atoms with Gasteiger partial charge in [-0.2, -0.15) is 0 Å². The van der Waals surface area contributed by atoms with Crippen molar-refractivity contribution in [3.63, 3.8) is 0 Å². The van der Waals surface area contributed by atoms with Gasteiger partial charge in [0, 0.05) is 19.5 Å². The molecule has 0 bridgehead atoms. The van der Waals surface area contributed by atoms with Gasteiger partial charge in [0.25, 0.3) is 0 Å². The van der Waals surface area contributed by atoms with Crippen molar-refractivity contribution in [1.82, 2.24) is 0 Å². The summed E-state index contributed by atoms with van der Waals surface area (Å²) < 4.78 is 35.2. The standard InChI is InChI=1S/C7H16O4S/c1-11-6-4-2-3-5-7-12(8,9)10/h2-7H2,1H3,(H,8,9,10)/p-1. The van der Waals surface area contributed by atoms with Gasteiger partial charge in [0.2, 0.25) is 0 Å². The monoisotopic (exact) mass is 195 g/mol. The van der Waals surface area contributed by atoms with Crippen molar-refractivity contribution in [2.75, 3.05) is 19.5 Å². The SMILES string of the molecule is COCCCCCCS(=O)(=O)[O-]. The van der Waals surface area contributed by atoms with E-state index in [9.17, 15) is 13.0 Å². The first kappa shape index (κ1) is 11.9. The fourth-order valence-electron chi connectivity index (χ4n) is 0.879. The zero-order valence-electron chi connectivity index (χ0n) is 7.28. The van der Waals surface area contributed by atoms with Gasteiger partial charge >= 0.3 is 0 Å². The number of rotatable bonds is 7. The Morgan fingerprint density at radius 1 is 1.17 bits per heavy atom. The molecule has 12 heavy (non-hydrogen) atoms. The number of hydrogen-bond donors (Lipinski definition) is 0. The first-order chi connectivity index (χ1) is 5.56. The summed E-state index contributed by atoms with van der Waals surface area (Å²) in [5, 5.41) is 0. The third-order valence-corrected chi connectivity index (χ3v) is 2.28. The van der Waals surface area contributed by atoms with Crippen LogP contribution in [0.5, 0.6) is 0 Å². The molecule has 0 aromatic carbocycles. The molecule has 0 unspecified atom stereocenters. The Bertz CT molecular complexity index is 186. The minimum atomic E-state index is -4.00. The summed E-state index contributed by atoms with van der Waals surface area (Å²) >= 11 is 0. The molecule has 74 valence electrons. The predicted molar refractivity (Wildman–Crippen MR) is 44.9 cm³/mol. The van der Waals surface area contributed by atoms with Crippen molar-refractivity contribution >= 4 is 10.1 Å². The van der Waals surface area contributed by atoms with Crippen molar-refractivity contribution in [2.24, 2.45) is 0 Å². The van der Waals surface area contributed by atoms with Gasteiger partial charge in [-0.15, -0.1) is 0 Å². The summed E-state index contributed by atoms with van der Waals surface area (Å²) in [4.78, 5) is 0. The molecule has 0 saturated carbocycles. The highest BCUT2D eigenvalue weighted by Gasteiger charge is 1.94. The Balaban J connectivity index is 3.12. The van der Waals surface area contributed by atoms with Crippen LogP contribution in [0.3, 0.4) is 0 Å². The number of unbranched alkanes of at least 4 members (excludes halogenated alkanes) is 3. The second-order valence-electron chi connectivity index (χ2n) is 2.67. The average Bonchev–Trinajstić information content (AvgIpc) is 1.94. The van der Waals surface area contributed by atoms with E-state index in [-0.39, 0.29) is 5.75 Å². The Kier molecular flexibility index (Phi) is 6.32. The minimum Gasteiger partial charge on any atom is -0.748 e. The van der Waals surface area contributed by atoms with E-state index < -0.39 is 10.1 Å². The molecular formula is C7H15O4S-. The molecule has 0 aliphatic carbocycles. The van der Waals surface area contributed by atoms with Gasteiger partial charge in [-0.3, -0.25) is 0 Å². The van der Waals surface area contributed by atoms with Crippen molar-refractivity contribution in [1.29, 1.82) is 0 Å². The lowest BCUT2D eigenvalue weighted by Gasteiger charge is -2.05. The molecule has 0 atom stereocenters. The largest absolute Gasteiger partial charge is 0.748 e. The molecule has 0 radical (unpaired) electrons. The molecule has 0 aliphatic heterocycles. The maximum absolute atomic E-state index is 10.1. The summed E-state index contributed by atoms with van der Waals surface area (Å²) in [7, 11) is -2.37. The molecule has 0 saturated heterocycles. The van der Waals surface area contributed by atoms with E-state index in [1.807, 2.05) is 0 Å². The Morgan fingerprint density at radius 3 is 2.25 bits per heavy atom. The molecule has 4 nitrogen and oxygen atoms in total. The smallest absolute Gasteiger partial charge is 0.0945 e. The van der Waals surface area contributed by atoms with Crippen LogP contribution in [0.4, 0.5) is 0 Å². The van der Waals surface area contributed by atoms with Gasteiger partial charge in [-0.05, 0) is 12.8 Å². The van der Waals surface area contributed by atoms with Crippen LogP contribution in [0, 0.1) is 0 Å². The highest BCUT2D eigenvalue weighted by atomic mass is 32.2. The Morgan fingerprint density at radius 2 is 1.75 bits per heavy atom. The second kappa shape index (κ2) is 6.39. The van der Waals surface area contributed by atoms with Gasteiger partial charge in [-0.1, -0.05) is 12.8 Å². The minimum absolute atomic E-state index is 0.236. The van der Waals surface area contributed by atoms with E-state index in [4.69, 9.17) is 4.74 Å². The Hall–Kier alpha value is -0.130.